The van der Waals surface area contributed by atoms with Gasteiger partial charge in [0.25, 0.3) is 0 Å². The van der Waals surface area contributed by atoms with Gasteiger partial charge in [0.1, 0.15) is 23.4 Å². The third-order valence-corrected chi connectivity index (χ3v) is 4.83. The van der Waals surface area contributed by atoms with E-state index in [-0.39, 0.29) is 11.9 Å². The molecule has 1 heterocycles. The monoisotopic (exact) mass is 282 g/mol. The second-order valence-corrected chi connectivity index (χ2v) is 6.05. The largest absolute Gasteiger partial charge is 0.508 e. The molecule has 2 aromatic carbocycles. The van der Waals surface area contributed by atoms with E-state index in [1.54, 1.807) is 18.2 Å². The van der Waals surface area contributed by atoms with Crippen molar-refractivity contribution < 1.29 is 14.9 Å². The summed E-state index contributed by atoms with van der Waals surface area (Å²) in [6.45, 7) is 0. The summed E-state index contributed by atoms with van der Waals surface area (Å²) in [5.74, 6) is 2.38. The highest BCUT2D eigenvalue weighted by Crippen LogP contribution is 2.54. The molecule has 3 heteroatoms. The average molecular weight is 282 g/mol. The topological polar surface area (TPSA) is 49.7 Å². The molecule has 3 nitrogen and oxygen atoms in total. The van der Waals surface area contributed by atoms with Crippen LogP contribution in [0.1, 0.15) is 42.4 Å². The van der Waals surface area contributed by atoms with Crippen molar-refractivity contribution in [3.63, 3.8) is 0 Å². The fourth-order valence-corrected chi connectivity index (χ4v) is 3.87. The first-order valence-corrected chi connectivity index (χ1v) is 7.51. The van der Waals surface area contributed by atoms with Gasteiger partial charge < -0.3 is 14.9 Å². The summed E-state index contributed by atoms with van der Waals surface area (Å²) in [5.41, 5.74) is 2.26. The van der Waals surface area contributed by atoms with E-state index in [1.165, 1.54) is 6.42 Å². The standard InChI is InChI=1S/C18H18O3/c19-12-6-4-11(5-7-12)18-15-3-1-2-14(15)16-10-13(20)8-9-17(16)21-18/h4-10,14-15,18-20H,1-3H2/t14-,15?,18+/m1/s1. The van der Waals surface area contributed by atoms with Gasteiger partial charge in [-0.1, -0.05) is 18.6 Å². The van der Waals surface area contributed by atoms with Gasteiger partial charge in [-0.05, 0) is 54.7 Å². The number of ether oxygens (including phenoxy) is 1. The molecule has 2 aromatic rings. The van der Waals surface area contributed by atoms with Crippen LogP contribution in [-0.2, 0) is 0 Å². The molecule has 0 saturated heterocycles. The van der Waals surface area contributed by atoms with Gasteiger partial charge in [-0.25, -0.2) is 0 Å². The zero-order chi connectivity index (χ0) is 14.4. The lowest BCUT2D eigenvalue weighted by Crippen LogP contribution is -2.26. The summed E-state index contributed by atoms with van der Waals surface area (Å²) in [4.78, 5) is 0. The Labute approximate surface area is 123 Å². The van der Waals surface area contributed by atoms with E-state index < -0.39 is 0 Å². The van der Waals surface area contributed by atoms with Crippen LogP contribution in [0.4, 0.5) is 0 Å². The van der Waals surface area contributed by atoms with Crippen LogP contribution >= 0.6 is 0 Å². The number of fused-ring (bicyclic) bond motifs is 3. The molecule has 0 bridgehead atoms. The van der Waals surface area contributed by atoms with Crippen molar-refractivity contribution in [2.45, 2.75) is 31.3 Å². The number of rotatable bonds is 1. The zero-order valence-electron chi connectivity index (χ0n) is 11.7. The van der Waals surface area contributed by atoms with Gasteiger partial charge >= 0.3 is 0 Å². The maximum atomic E-state index is 9.74. The number of phenols is 2. The lowest BCUT2D eigenvalue weighted by atomic mass is 9.80. The Hall–Kier alpha value is -2.16. The number of aromatic hydroxyl groups is 2. The molecule has 4 rings (SSSR count). The van der Waals surface area contributed by atoms with Crippen molar-refractivity contribution in [1.82, 2.24) is 0 Å². The highest BCUT2D eigenvalue weighted by atomic mass is 16.5. The molecule has 108 valence electrons. The summed E-state index contributed by atoms with van der Waals surface area (Å²) in [6, 6.07) is 12.7. The quantitative estimate of drug-likeness (QED) is 0.827. The van der Waals surface area contributed by atoms with Crippen LogP contribution in [0.15, 0.2) is 42.5 Å². The molecule has 0 radical (unpaired) electrons. The molecular formula is C18H18O3. The van der Waals surface area contributed by atoms with E-state index in [0.29, 0.717) is 17.6 Å². The lowest BCUT2D eigenvalue weighted by Gasteiger charge is -2.36. The molecule has 21 heavy (non-hydrogen) atoms. The molecule has 1 saturated carbocycles. The SMILES string of the molecule is Oc1ccc([C@@H]2Oc3ccc(O)cc3[C@@H]3CCCC32)cc1. The van der Waals surface area contributed by atoms with E-state index in [9.17, 15) is 10.2 Å². The Morgan fingerprint density at radius 1 is 0.905 bits per heavy atom. The third-order valence-electron chi connectivity index (χ3n) is 4.83. The zero-order valence-corrected chi connectivity index (χ0v) is 11.7. The van der Waals surface area contributed by atoms with Crippen LogP contribution in [0.25, 0.3) is 0 Å². The van der Waals surface area contributed by atoms with Crippen molar-refractivity contribution >= 4 is 0 Å². The van der Waals surface area contributed by atoms with Gasteiger partial charge in [-0.15, -0.1) is 0 Å². The molecule has 0 spiro atoms. The van der Waals surface area contributed by atoms with Crippen LogP contribution in [0.5, 0.6) is 17.2 Å². The van der Waals surface area contributed by atoms with Crippen molar-refractivity contribution in [2.75, 3.05) is 0 Å². The maximum Gasteiger partial charge on any atom is 0.127 e. The molecule has 0 amide bonds. The van der Waals surface area contributed by atoms with Gasteiger partial charge in [-0.2, -0.15) is 0 Å². The minimum atomic E-state index is 0.0372. The fourth-order valence-electron chi connectivity index (χ4n) is 3.87. The van der Waals surface area contributed by atoms with Crippen molar-refractivity contribution in [2.24, 2.45) is 5.92 Å². The van der Waals surface area contributed by atoms with Crippen molar-refractivity contribution in [3.05, 3.63) is 53.6 Å². The molecule has 3 atom stereocenters. The van der Waals surface area contributed by atoms with Gasteiger partial charge in [0.05, 0.1) is 0 Å². The molecular weight excluding hydrogens is 264 g/mol. The van der Waals surface area contributed by atoms with Gasteiger partial charge in [-0.3, -0.25) is 0 Å². The summed E-state index contributed by atoms with van der Waals surface area (Å²) < 4.78 is 6.23. The number of phenolic OH excluding ortho intramolecular Hbond substituents is 2. The molecule has 1 unspecified atom stereocenters. The van der Waals surface area contributed by atoms with Crippen molar-refractivity contribution in [3.8, 4) is 17.2 Å². The van der Waals surface area contributed by atoms with E-state index in [2.05, 4.69) is 0 Å². The van der Waals surface area contributed by atoms with Gasteiger partial charge in [0, 0.05) is 11.5 Å². The predicted octanol–water partition coefficient (Wildman–Crippen LogP) is 4.12. The summed E-state index contributed by atoms with van der Waals surface area (Å²) >= 11 is 0. The Morgan fingerprint density at radius 3 is 2.48 bits per heavy atom. The first-order valence-electron chi connectivity index (χ1n) is 7.51. The number of hydrogen-bond acceptors (Lipinski definition) is 3. The van der Waals surface area contributed by atoms with E-state index in [4.69, 9.17) is 4.74 Å². The molecule has 2 N–H and O–H groups in total. The first kappa shape index (κ1) is 12.6. The Balaban J connectivity index is 1.77. The molecule has 1 fully saturated rings. The van der Waals surface area contributed by atoms with Crippen LogP contribution in [-0.4, -0.2) is 10.2 Å². The van der Waals surface area contributed by atoms with Gasteiger partial charge in [0.15, 0.2) is 0 Å². The Morgan fingerprint density at radius 2 is 1.67 bits per heavy atom. The van der Waals surface area contributed by atoms with Crippen molar-refractivity contribution in [1.29, 1.82) is 0 Å². The molecule has 1 aliphatic carbocycles. The third kappa shape index (κ3) is 2.04. The summed E-state index contributed by atoms with van der Waals surface area (Å²) in [5, 5.41) is 19.2. The smallest absolute Gasteiger partial charge is 0.127 e. The number of benzene rings is 2. The molecule has 0 aromatic heterocycles. The first-order chi connectivity index (χ1) is 10.2. The van der Waals surface area contributed by atoms with Crippen LogP contribution in [0, 0.1) is 5.92 Å². The highest BCUT2D eigenvalue weighted by Gasteiger charge is 2.41. The molecule has 2 aliphatic rings. The number of hydrogen-bond donors (Lipinski definition) is 2. The normalized spacial score (nSPS) is 26.8. The Kier molecular flexibility index (Phi) is 2.81. The van der Waals surface area contributed by atoms with E-state index >= 15 is 0 Å². The predicted molar refractivity (Wildman–Crippen MR) is 79.7 cm³/mol. The maximum absolute atomic E-state index is 9.74. The summed E-state index contributed by atoms with van der Waals surface area (Å²) in [6.07, 6.45) is 3.53. The Bertz CT molecular complexity index is 663. The minimum Gasteiger partial charge on any atom is -0.508 e. The van der Waals surface area contributed by atoms with Crippen LogP contribution < -0.4 is 4.74 Å². The lowest BCUT2D eigenvalue weighted by molar-refractivity contribution is 0.104. The van der Waals surface area contributed by atoms with Crippen LogP contribution in [0.2, 0.25) is 0 Å². The molecule has 1 aliphatic heterocycles. The summed E-state index contributed by atoms with van der Waals surface area (Å²) in [7, 11) is 0. The van der Waals surface area contributed by atoms with Gasteiger partial charge in [0.2, 0.25) is 0 Å². The van der Waals surface area contributed by atoms with Crippen LogP contribution in [0.3, 0.4) is 0 Å². The minimum absolute atomic E-state index is 0.0372. The second-order valence-electron chi connectivity index (χ2n) is 6.05. The average Bonchev–Trinajstić information content (AvgIpc) is 2.97. The fraction of sp³-hybridized carbons (Fsp3) is 0.333. The van der Waals surface area contributed by atoms with E-state index in [0.717, 1.165) is 29.7 Å². The second kappa shape index (κ2) is 4.69. The van der Waals surface area contributed by atoms with E-state index in [1.807, 2.05) is 24.3 Å². The highest BCUT2D eigenvalue weighted by molar-refractivity contribution is 5.45.